The van der Waals surface area contributed by atoms with E-state index < -0.39 is 11.7 Å². The Hall–Kier alpha value is -1.78. The highest BCUT2D eigenvalue weighted by Gasteiger charge is 2.15. The summed E-state index contributed by atoms with van der Waals surface area (Å²) in [6.45, 7) is 0. The number of nitrogen functional groups attached to an aromatic ring is 1. The van der Waals surface area contributed by atoms with E-state index in [0.29, 0.717) is 16.4 Å². The van der Waals surface area contributed by atoms with Crippen LogP contribution in [0.15, 0.2) is 36.4 Å². The van der Waals surface area contributed by atoms with Gasteiger partial charge in [0.1, 0.15) is 5.82 Å². The molecule has 0 aromatic heterocycles. The predicted molar refractivity (Wildman–Crippen MR) is 75.2 cm³/mol. The number of carbonyl (C=O) groups is 1. The minimum Gasteiger partial charge on any atom is -0.397 e. The van der Waals surface area contributed by atoms with Gasteiger partial charge < -0.3 is 11.1 Å². The monoisotopic (exact) mass is 298 g/mol. The lowest BCUT2D eigenvalue weighted by Gasteiger charge is -2.08. The summed E-state index contributed by atoms with van der Waals surface area (Å²) in [5.41, 5.74) is 6.13. The van der Waals surface area contributed by atoms with Gasteiger partial charge in [0, 0.05) is 5.69 Å². The maximum Gasteiger partial charge on any atom is 0.260 e. The Morgan fingerprint density at radius 3 is 2.53 bits per heavy atom. The summed E-state index contributed by atoms with van der Waals surface area (Å²) in [5, 5.41) is 2.92. The molecule has 3 nitrogen and oxygen atoms in total. The van der Waals surface area contributed by atoms with Gasteiger partial charge in [0.15, 0.2) is 0 Å². The molecule has 6 heteroatoms. The molecule has 1 amide bonds. The molecular weight excluding hydrogens is 290 g/mol. The van der Waals surface area contributed by atoms with Crippen LogP contribution in [-0.2, 0) is 0 Å². The number of hydrogen-bond acceptors (Lipinski definition) is 2. The van der Waals surface area contributed by atoms with Gasteiger partial charge >= 0.3 is 0 Å². The van der Waals surface area contributed by atoms with E-state index in [2.05, 4.69) is 5.32 Å². The average molecular weight is 299 g/mol. The Bertz CT molecular complexity index is 626. The van der Waals surface area contributed by atoms with Crippen LogP contribution in [0, 0.1) is 5.82 Å². The van der Waals surface area contributed by atoms with Gasteiger partial charge in [-0.15, -0.1) is 0 Å². The first-order valence-corrected chi connectivity index (χ1v) is 6.05. The SMILES string of the molecule is Nc1cc(NC(=O)c2c(F)cccc2Cl)ccc1Cl. The highest BCUT2D eigenvalue weighted by molar-refractivity contribution is 6.34. The molecule has 0 atom stereocenters. The van der Waals surface area contributed by atoms with E-state index in [1.807, 2.05) is 0 Å². The summed E-state index contributed by atoms with van der Waals surface area (Å²) in [6.07, 6.45) is 0. The number of nitrogens with one attached hydrogen (secondary N) is 1. The van der Waals surface area contributed by atoms with Crippen LogP contribution < -0.4 is 11.1 Å². The Morgan fingerprint density at radius 1 is 1.16 bits per heavy atom. The summed E-state index contributed by atoms with van der Waals surface area (Å²) in [4.78, 5) is 11.9. The van der Waals surface area contributed by atoms with Gasteiger partial charge in [0.25, 0.3) is 5.91 Å². The van der Waals surface area contributed by atoms with Gasteiger partial charge in [0.05, 0.1) is 21.3 Å². The second-order valence-electron chi connectivity index (χ2n) is 3.79. The van der Waals surface area contributed by atoms with Crippen molar-refractivity contribution in [2.75, 3.05) is 11.1 Å². The van der Waals surface area contributed by atoms with Crippen molar-refractivity contribution in [2.45, 2.75) is 0 Å². The molecule has 0 unspecified atom stereocenters. The van der Waals surface area contributed by atoms with E-state index in [0.717, 1.165) is 6.07 Å². The van der Waals surface area contributed by atoms with Crippen molar-refractivity contribution in [3.63, 3.8) is 0 Å². The Kier molecular flexibility index (Phi) is 3.93. The molecule has 0 radical (unpaired) electrons. The number of anilines is 2. The fourth-order valence-corrected chi connectivity index (χ4v) is 1.90. The summed E-state index contributed by atoms with van der Waals surface area (Å²) < 4.78 is 13.6. The average Bonchev–Trinajstić information content (AvgIpc) is 2.33. The number of benzene rings is 2. The molecule has 0 heterocycles. The first kappa shape index (κ1) is 13.6. The lowest BCUT2D eigenvalue weighted by Crippen LogP contribution is -2.14. The fourth-order valence-electron chi connectivity index (χ4n) is 1.53. The van der Waals surface area contributed by atoms with Crippen LogP contribution in [0.25, 0.3) is 0 Å². The third-order valence-electron chi connectivity index (χ3n) is 2.44. The number of amides is 1. The van der Waals surface area contributed by atoms with Crippen LogP contribution in [-0.4, -0.2) is 5.91 Å². The number of halogens is 3. The normalized spacial score (nSPS) is 10.3. The van der Waals surface area contributed by atoms with Crippen molar-refractivity contribution in [2.24, 2.45) is 0 Å². The zero-order valence-electron chi connectivity index (χ0n) is 9.58. The number of carbonyl (C=O) groups excluding carboxylic acids is 1. The Labute approximate surface area is 119 Å². The molecule has 0 bridgehead atoms. The standard InChI is InChI=1S/C13H9Cl2FN2O/c14-8-5-4-7(6-11(8)17)18-13(19)12-9(15)2-1-3-10(12)16/h1-6H,17H2,(H,18,19). The minimum absolute atomic E-state index is 0.0411. The molecule has 0 saturated carbocycles. The molecule has 0 fully saturated rings. The first-order valence-electron chi connectivity index (χ1n) is 5.29. The van der Waals surface area contributed by atoms with Crippen molar-refractivity contribution in [1.29, 1.82) is 0 Å². The van der Waals surface area contributed by atoms with Gasteiger partial charge in [-0.1, -0.05) is 29.3 Å². The molecule has 2 rings (SSSR count). The van der Waals surface area contributed by atoms with Crippen molar-refractivity contribution in [3.05, 3.63) is 57.8 Å². The van der Waals surface area contributed by atoms with Crippen LogP contribution in [0.2, 0.25) is 10.0 Å². The summed E-state index contributed by atoms with van der Waals surface area (Å²) in [5.74, 6) is -1.34. The number of hydrogen-bond donors (Lipinski definition) is 2. The smallest absolute Gasteiger partial charge is 0.260 e. The zero-order chi connectivity index (χ0) is 14.0. The summed E-state index contributed by atoms with van der Waals surface area (Å²) in [7, 11) is 0. The van der Waals surface area contributed by atoms with Crippen molar-refractivity contribution < 1.29 is 9.18 Å². The van der Waals surface area contributed by atoms with Gasteiger partial charge in [-0.3, -0.25) is 4.79 Å². The molecule has 3 N–H and O–H groups in total. The topological polar surface area (TPSA) is 55.1 Å². The molecule has 2 aromatic rings. The predicted octanol–water partition coefficient (Wildman–Crippen LogP) is 3.97. The third-order valence-corrected chi connectivity index (χ3v) is 3.10. The van der Waals surface area contributed by atoms with E-state index in [9.17, 15) is 9.18 Å². The number of nitrogens with two attached hydrogens (primary N) is 1. The van der Waals surface area contributed by atoms with Gasteiger partial charge in [-0.2, -0.15) is 0 Å². The fraction of sp³-hybridized carbons (Fsp3) is 0. The van der Waals surface area contributed by atoms with Crippen LogP contribution in [0.4, 0.5) is 15.8 Å². The molecular formula is C13H9Cl2FN2O. The highest BCUT2D eigenvalue weighted by Crippen LogP contribution is 2.24. The molecule has 0 aliphatic heterocycles. The molecule has 19 heavy (non-hydrogen) atoms. The quantitative estimate of drug-likeness (QED) is 0.824. The van der Waals surface area contributed by atoms with Crippen molar-refractivity contribution in [3.8, 4) is 0 Å². The van der Waals surface area contributed by atoms with Gasteiger partial charge in [0.2, 0.25) is 0 Å². The summed E-state index contributed by atoms with van der Waals surface area (Å²) >= 11 is 11.6. The van der Waals surface area contributed by atoms with Crippen LogP contribution in [0.5, 0.6) is 0 Å². The molecule has 2 aromatic carbocycles. The van der Waals surface area contributed by atoms with E-state index in [1.54, 1.807) is 6.07 Å². The second-order valence-corrected chi connectivity index (χ2v) is 4.60. The second kappa shape index (κ2) is 5.47. The molecule has 0 spiro atoms. The van der Waals surface area contributed by atoms with Gasteiger partial charge in [-0.25, -0.2) is 4.39 Å². The van der Waals surface area contributed by atoms with E-state index >= 15 is 0 Å². The lowest BCUT2D eigenvalue weighted by molar-refractivity contribution is 0.102. The van der Waals surface area contributed by atoms with Crippen LogP contribution in [0.1, 0.15) is 10.4 Å². The molecule has 0 saturated heterocycles. The summed E-state index contributed by atoms with van der Waals surface area (Å²) in [6, 6.07) is 8.61. The highest BCUT2D eigenvalue weighted by atomic mass is 35.5. The maximum absolute atomic E-state index is 13.6. The lowest BCUT2D eigenvalue weighted by atomic mass is 10.2. The molecule has 0 aliphatic carbocycles. The van der Waals surface area contributed by atoms with Crippen LogP contribution in [0.3, 0.4) is 0 Å². The first-order chi connectivity index (χ1) is 8.99. The molecule has 98 valence electrons. The van der Waals surface area contributed by atoms with E-state index in [4.69, 9.17) is 28.9 Å². The van der Waals surface area contributed by atoms with Crippen molar-refractivity contribution in [1.82, 2.24) is 0 Å². The largest absolute Gasteiger partial charge is 0.397 e. The minimum atomic E-state index is -0.688. The van der Waals surface area contributed by atoms with Crippen molar-refractivity contribution >= 4 is 40.5 Å². The molecule has 0 aliphatic rings. The maximum atomic E-state index is 13.6. The van der Waals surface area contributed by atoms with Gasteiger partial charge in [-0.05, 0) is 30.3 Å². The Morgan fingerprint density at radius 2 is 1.89 bits per heavy atom. The van der Waals surface area contributed by atoms with E-state index in [-0.39, 0.29) is 10.6 Å². The van der Waals surface area contributed by atoms with Crippen LogP contribution >= 0.6 is 23.2 Å². The zero-order valence-corrected chi connectivity index (χ0v) is 11.1. The third kappa shape index (κ3) is 2.97. The Balaban J connectivity index is 2.28. The van der Waals surface area contributed by atoms with E-state index in [1.165, 1.54) is 24.3 Å². The number of rotatable bonds is 2.